The SMILES string of the molecule is Cn1ccc(/C=C2/SC(=S)N([C@H](CC(N)=O)C(=O)[O-])C2=O)c1. The van der Waals surface area contributed by atoms with Gasteiger partial charge in [-0.3, -0.25) is 14.5 Å². The minimum Gasteiger partial charge on any atom is -0.548 e. The van der Waals surface area contributed by atoms with Gasteiger partial charge in [0, 0.05) is 19.4 Å². The molecule has 1 aliphatic rings. The number of amides is 2. The Kier molecular flexibility index (Phi) is 4.67. The number of primary amides is 1. The van der Waals surface area contributed by atoms with E-state index in [2.05, 4.69) is 0 Å². The molecule has 7 nitrogen and oxygen atoms in total. The Balaban J connectivity index is 2.29. The van der Waals surface area contributed by atoms with Gasteiger partial charge in [-0.05, 0) is 17.7 Å². The maximum atomic E-state index is 12.4. The van der Waals surface area contributed by atoms with E-state index in [1.54, 1.807) is 18.3 Å². The minimum absolute atomic E-state index is 0.0580. The van der Waals surface area contributed by atoms with Crippen LogP contribution in [0, 0.1) is 0 Å². The van der Waals surface area contributed by atoms with Crippen molar-refractivity contribution in [1.29, 1.82) is 0 Å². The Morgan fingerprint density at radius 3 is 2.73 bits per heavy atom. The summed E-state index contributed by atoms with van der Waals surface area (Å²) >= 11 is 6.02. The molecule has 116 valence electrons. The number of carboxylic acids is 1. The molecule has 2 heterocycles. The Morgan fingerprint density at radius 1 is 1.55 bits per heavy atom. The monoisotopic (exact) mass is 338 g/mol. The quantitative estimate of drug-likeness (QED) is 0.557. The normalized spacial score (nSPS) is 18.0. The molecule has 1 aliphatic heterocycles. The van der Waals surface area contributed by atoms with Crippen molar-refractivity contribution in [1.82, 2.24) is 9.47 Å². The molecule has 0 aliphatic carbocycles. The van der Waals surface area contributed by atoms with Crippen LogP contribution >= 0.6 is 24.0 Å². The van der Waals surface area contributed by atoms with Crippen molar-refractivity contribution < 1.29 is 19.5 Å². The van der Waals surface area contributed by atoms with Crippen molar-refractivity contribution in [2.75, 3.05) is 0 Å². The molecule has 9 heteroatoms. The van der Waals surface area contributed by atoms with Crippen LogP contribution in [0.15, 0.2) is 23.4 Å². The highest BCUT2D eigenvalue weighted by atomic mass is 32.2. The highest BCUT2D eigenvalue weighted by Crippen LogP contribution is 2.34. The summed E-state index contributed by atoms with van der Waals surface area (Å²) in [5.41, 5.74) is 5.80. The second-order valence-electron chi connectivity index (χ2n) is 4.67. The number of thioether (sulfide) groups is 1. The van der Waals surface area contributed by atoms with Gasteiger partial charge >= 0.3 is 0 Å². The molecule has 22 heavy (non-hydrogen) atoms. The van der Waals surface area contributed by atoms with Crippen LogP contribution in [0.3, 0.4) is 0 Å². The number of rotatable bonds is 5. The van der Waals surface area contributed by atoms with Gasteiger partial charge in [-0.15, -0.1) is 0 Å². The van der Waals surface area contributed by atoms with E-state index in [9.17, 15) is 19.5 Å². The van der Waals surface area contributed by atoms with E-state index in [1.807, 2.05) is 17.8 Å². The van der Waals surface area contributed by atoms with Gasteiger partial charge in [0.05, 0.1) is 23.3 Å². The van der Waals surface area contributed by atoms with Gasteiger partial charge in [-0.1, -0.05) is 24.0 Å². The second-order valence-corrected chi connectivity index (χ2v) is 6.34. The zero-order valence-corrected chi connectivity index (χ0v) is 13.1. The molecule has 0 bridgehead atoms. The summed E-state index contributed by atoms with van der Waals surface area (Å²) in [5, 5.41) is 11.2. The number of nitrogens with two attached hydrogens (primary N) is 1. The maximum absolute atomic E-state index is 12.4. The third-order valence-corrected chi connectivity index (χ3v) is 4.28. The fourth-order valence-electron chi connectivity index (χ4n) is 1.98. The maximum Gasteiger partial charge on any atom is 0.266 e. The Bertz CT molecular complexity index is 695. The van der Waals surface area contributed by atoms with E-state index >= 15 is 0 Å². The van der Waals surface area contributed by atoms with Crippen molar-refractivity contribution in [3.63, 3.8) is 0 Å². The summed E-state index contributed by atoms with van der Waals surface area (Å²) in [7, 11) is 1.83. The molecule has 0 radical (unpaired) electrons. The predicted molar refractivity (Wildman–Crippen MR) is 83.0 cm³/mol. The van der Waals surface area contributed by atoms with Crippen LogP contribution in [-0.4, -0.2) is 37.6 Å². The third kappa shape index (κ3) is 3.37. The van der Waals surface area contributed by atoms with E-state index in [1.165, 1.54) is 0 Å². The molecule has 1 atom stereocenters. The molecule has 2 N–H and O–H groups in total. The van der Waals surface area contributed by atoms with Crippen LogP contribution < -0.4 is 10.8 Å². The van der Waals surface area contributed by atoms with E-state index in [-0.39, 0.29) is 9.23 Å². The summed E-state index contributed by atoms with van der Waals surface area (Å²) in [5.74, 6) is -3.00. The third-order valence-electron chi connectivity index (χ3n) is 2.95. The van der Waals surface area contributed by atoms with Gasteiger partial charge in [-0.2, -0.15) is 0 Å². The number of carbonyl (C=O) groups is 3. The number of hydrogen-bond acceptors (Lipinski definition) is 6. The van der Waals surface area contributed by atoms with E-state index in [4.69, 9.17) is 18.0 Å². The van der Waals surface area contributed by atoms with Crippen LogP contribution in [-0.2, 0) is 21.4 Å². The van der Waals surface area contributed by atoms with Crippen molar-refractivity contribution in [2.45, 2.75) is 12.5 Å². The minimum atomic E-state index is -1.57. The molecule has 2 amide bonds. The Morgan fingerprint density at radius 2 is 2.23 bits per heavy atom. The van der Waals surface area contributed by atoms with Gasteiger partial charge in [0.25, 0.3) is 5.91 Å². The molecule has 0 spiro atoms. The molecule has 1 aromatic heterocycles. The van der Waals surface area contributed by atoms with E-state index < -0.39 is 30.2 Å². The lowest BCUT2D eigenvalue weighted by atomic mass is 10.1. The van der Waals surface area contributed by atoms with Crippen LogP contribution in [0.4, 0.5) is 0 Å². The summed E-state index contributed by atoms with van der Waals surface area (Å²) < 4.78 is 1.87. The molecule has 1 saturated heterocycles. The van der Waals surface area contributed by atoms with E-state index in [0.717, 1.165) is 22.2 Å². The lowest BCUT2D eigenvalue weighted by molar-refractivity contribution is -0.310. The largest absolute Gasteiger partial charge is 0.548 e. The highest BCUT2D eigenvalue weighted by molar-refractivity contribution is 8.26. The fourth-order valence-corrected chi connectivity index (χ4v) is 3.34. The lowest BCUT2D eigenvalue weighted by Gasteiger charge is -2.26. The first-order valence-corrected chi connectivity index (χ1v) is 7.40. The number of nitrogens with zero attached hydrogens (tertiary/aromatic N) is 2. The molecule has 0 aromatic carbocycles. The molecule has 0 saturated carbocycles. The smallest absolute Gasteiger partial charge is 0.266 e. The molecule has 2 rings (SSSR count). The number of carboxylic acid groups (broad SMARTS) is 1. The van der Waals surface area contributed by atoms with Crippen LogP contribution in [0.5, 0.6) is 0 Å². The summed E-state index contributed by atoms with van der Waals surface area (Å²) in [4.78, 5) is 35.7. The lowest BCUT2D eigenvalue weighted by Crippen LogP contribution is -2.51. The van der Waals surface area contributed by atoms with Gasteiger partial charge in [-0.25, -0.2) is 0 Å². The first-order valence-electron chi connectivity index (χ1n) is 6.18. The molecule has 1 aromatic rings. The van der Waals surface area contributed by atoms with Gasteiger partial charge in [0.15, 0.2) is 0 Å². The summed E-state index contributed by atoms with van der Waals surface area (Å²) in [6.45, 7) is 0. The predicted octanol–water partition coefficient (Wildman–Crippen LogP) is -0.780. The standard InChI is InChI=1S/C13H13N3O4S2/c1-15-3-2-7(6-15)4-9-11(18)16(13(21)22-9)8(12(19)20)5-10(14)17/h2-4,6,8H,5H2,1H3,(H2,14,17)(H,19,20)/p-1/b9-4+/t8-/m1/s1. The highest BCUT2D eigenvalue weighted by Gasteiger charge is 2.38. The Labute approximate surface area is 135 Å². The van der Waals surface area contributed by atoms with Gasteiger partial charge in [0.2, 0.25) is 5.91 Å². The molecule has 0 unspecified atom stereocenters. The number of thiocarbonyl (C=S) groups is 1. The van der Waals surface area contributed by atoms with Crippen molar-refractivity contribution in [2.24, 2.45) is 12.8 Å². The average Bonchev–Trinajstić information content (AvgIpc) is 2.92. The number of carbonyl (C=O) groups excluding carboxylic acids is 3. The summed E-state index contributed by atoms with van der Waals surface area (Å²) in [6, 6.07) is 0.304. The fraction of sp³-hybridized carbons (Fsp3) is 0.231. The van der Waals surface area contributed by atoms with Crippen LogP contribution in [0.1, 0.15) is 12.0 Å². The second kappa shape index (κ2) is 6.32. The number of hydrogen-bond donors (Lipinski definition) is 1. The van der Waals surface area contributed by atoms with E-state index in [0.29, 0.717) is 0 Å². The average molecular weight is 338 g/mol. The van der Waals surface area contributed by atoms with Crippen molar-refractivity contribution >= 4 is 52.2 Å². The van der Waals surface area contributed by atoms with Crippen molar-refractivity contribution in [3.05, 3.63) is 28.9 Å². The van der Waals surface area contributed by atoms with Gasteiger partial charge in [0.1, 0.15) is 4.32 Å². The molecular weight excluding hydrogens is 326 g/mol. The zero-order valence-electron chi connectivity index (χ0n) is 11.5. The zero-order chi connectivity index (χ0) is 16.4. The van der Waals surface area contributed by atoms with Crippen molar-refractivity contribution in [3.8, 4) is 0 Å². The Hall–Kier alpha value is -2.13. The molecule has 1 fully saturated rings. The topological polar surface area (TPSA) is 108 Å². The van der Waals surface area contributed by atoms with Crippen LogP contribution in [0.2, 0.25) is 0 Å². The van der Waals surface area contributed by atoms with Gasteiger partial charge < -0.3 is 20.2 Å². The van der Waals surface area contributed by atoms with Crippen LogP contribution in [0.25, 0.3) is 6.08 Å². The number of aliphatic carboxylic acids is 1. The number of aromatic nitrogens is 1. The first-order chi connectivity index (χ1) is 10.3. The first kappa shape index (κ1) is 16.2. The number of aryl methyl sites for hydroxylation is 1. The summed E-state index contributed by atoms with van der Waals surface area (Å²) in [6.07, 6.45) is 4.67. The molecular formula is C13H12N3O4S2-.